The molecule has 0 aliphatic carbocycles. The van der Waals surface area contributed by atoms with E-state index in [9.17, 15) is 4.79 Å². The highest BCUT2D eigenvalue weighted by Crippen LogP contribution is 2.18. The van der Waals surface area contributed by atoms with Crippen LogP contribution < -0.4 is 10.6 Å². The van der Waals surface area contributed by atoms with Crippen LogP contribution in [0.25, 0.3) is 0 Å². The molecule has 8 heteroatoms. The Hall–Kier alpha value is -2.09. The Bertz CT molecular complexity index is 547. The molecule has 0 radical (unpaired) electrons. The van der Waals surface area contributed by atoms with Gasteiger partial charge in [0, 0.05) is 45.5 Å². The summed E-state index contributed by atoms with van der Waals surface area (Å²) in [6.07, 6.45) is 2.45. The van der Waals surface area contributed by atoms with E-state index in [1.165, 1.54) is 0 Å². The fraction of sp³-hybridized carbons (Fsp3) is 0.706. The van der Waals surface area contributed by atoms with Gasteiger partial charge in [0.1, 0.15) is 17.5 Å². The molecule has 1 saturated heterocycles. The van der Waals surface area contributed by atoms with E-state index in [2.05, 4.69) is 20.6 Å². The summed E-state index contributed by atoms with van der Waals surface area (Å²) in [7, 11) is 1.70. The SMILES string of the molecule is CCOC(=O)N1CCC(Nc2cc(NCCCOC)nc(C)n2)CC1. The van der Waals surface area contributed by atoms with E-state index in [4.69, 9.17) is 9.47 Å². The van der Waals surface area contributed by atoms with E-state index in [0.29, 0.717) is 25.7 Å². The zero-order valence-electron chi connectivity index (χ0n) is 15.4. The minimum atomic E-state index is -0.221. The molecule has 0 atom stereocenters. The number of carbonyl (C=O) groups excluding carboxylic acids is 1. The highest BCUT2D eigenvalue weighted by Gasteiger charge is 2.23. The average molecular weight is 351 g/mol. The molecule has 140 valence electrons. The number of amides is 1. The third kappa shape index (κ3) is 6.38. The molecule has 0 bridgehead atoms. The predicted molar refractivity (Wildman–Crippen MR) is 97.0 cm³/mol. The Morgan fingerprint density at radius 1 is 1.32 bits per heavy atom. The molecule has 1 aliphatic heterocycles. The lowest BCUT2D eigenvalue weighted by molar-refractivity contribution is 0.0983. The van der Waals surface area contributed by atoms with Crippen LogP contribution in [0.3, 0.4) is 0 Å². The number of hydrogen-bond donors (Lipinski definition) is 2. The Kier molecular flexibility index (Phi) is 7.72. The molecule has 0 aromatic carbocycles. The Labute approximate surface area is 149 Å². The van der Waals surface area contributed by atoms with Gasteiger partial charge >= 0.3 is 6.09 Å². The van der Waals surface area contributed by atoms with E-state index >= 15 is 0 Å². The standard InChI is InChI=1S/C17H29N5O3/c1-4-25-17(23)22-9-6-14(7-10-22)21-16-12-15(19-13(2)20-16)18-8-5-11-24-3/h12,14H,4-11H2,1-3H3,(H2,18,19,20,21). The molecule has 1 amide bonds. The monoisotopic (exact) mass is 351 g/mol. The molecular formula is C17H29N5O3. The largest absolute Gasteiger partial charge is 0.450 e. The highest BCUT2D eigenvalue weighted by molar-refractivity contribution is 5.67. The van der Waals surface area contributed by atoms with Gasteiger partial charge in [0.2, 0.25) is 0 Å². The summed E-state index contributed by atoms with van der Waals surface area (Å²) in [5.41, 5.74) is 0. The van der Waals surface area contributed by atoms with Crippen LogP contribution in [0.15, 0.2) is 6.07 Å². The van der Waals surface area contributed by atoms with Crippen molar-refractivity contribution in [1.82, 2.24) is 14.9 Å². The minimum Gasteiger partial charge on any atom is -0.450 e. The van der Waals surface area contributed by atoms with Gasteiger partial charge in [-0.15, -0.1) is 0 Å². The van der Waals surface area contributed by atoms with Crippen molar-refractivity contribution < 1.29 is 14.3 Å². The summed E-state index contributed by atoms with van der Waals surface area (Å²) in [5, 5.41) is 6.75. The first-order valence-electron chi connectivity index (χ1n) is 8.89. The Morgan fingerprint density at radius 3 is 2.72 bits per heavy atom. The number of carbonyl (C=O) groups is 1. The second kappa shape index (κ2) is 10.0. The van der Waals surface area contributed by atoms with E-state index in [0.717, 1.165) is 49.9 Å². The summed E-state index contributed by atoms with van der Waals surface area (Å²) in [6, 6.07) is 2.22. The van der Waals surface area contributed by atoms with Crippen LogP contribution in [-0.4, -0.2) is 67.0 Å². The van der Waals surface area contributed by atoms with Crippen molar-refractivity contribution in [2.75, 3.05) is 50.6 Å². The van der Waals surface area contributed by atoms with Crippen LogP contribution in [0.4, 0.5) is 16.4 Å². The molecule has 0 unspecified atom stereocenters. The fourth-order valence-electron chi connectivity index (χ4n) is 2.80. The van der Waals surface area contributed by atoms with Crippen LogP contribution in [0.5, 0.6) is 0 Å². The lowest BCUT2D eigenvalue weighted by Gasteiger charge is -2.31. The number of methoxy groups -OCH3 is 1. The molecule has 8 nitrogen and oxygen atoms in total. The number of likely N-dealkylation sites (tertiary alicyclic amines) is 1. The molecule has 2 heterocycles. The van der Waals surface area contributed by atoms with E-state index < -0.39 is 0 Å². The van der Waals surface area contributed by atoms with Gasteiger partial charge in [-0.25, -0.2) is 14.8 Å². The lowest BCUT2D eigenvalue weighted by atomic mass is 10.1. The molecule has 1 aliphatic rings. The number of rotatable bonds is 8. The number of nitrogens with zero attached hydrogens (tertiary/aromatic N) is 3. The van der Waals surface area contributed by atoms with Crippen molar-refractivity contribution in [3.05, 3.63) is 11.9 Å². The highest BCUT2D eigenvalue weighted by atomic mass is 16.6. The number of anilines is 2. The molecule has 1 aromatic heterocycles. The number of aryl methyl sites for hydroxylation is 1. The van der Waals surface area contributed by atoms with Crippen LogP contribution >= 0.6 is 0 Å². The van der Waals surface area contributed by atoms with Gasteiger partial charge in [-0.3, -0.25) is 0 Å². The van der Waals surface area contributed by atoms with Crippen LogP contribution in [0.1, 0.15) is 32.0 Å². The van der Waals surface area contributed by atoms with Crippen molar-refractivity contribution in [3.63, 3.8) is 0 Å². The number of piperidine rings is 1. The lowest BCUT2D eigenvalue weighted by Crippen LogP contribution is -2.42. The number of ether oxygens (including phenoxy) is 2. The minimum absolute atomic E-state index is 0.221. The van der Waals surface area contributed by atoms with Gasteiger partial charge in [-0.05, 0) is 33.1 Å². The third-order valence-electron chi connectivity index (χ3n) is 4.04. The smallest absolute Gasteiger partial charge is 0.409 e. The van der Waals surface area contributed by atoms with Gasteiger partial charge in [0.15, 0.2) is 0 Å². The predicted octanol–water partition coefficient (Wildman–Crippen LogP) is 2.27. The topological polar surface area (TPSA) is 88.6 Å². The second-order valence-electron chi connectivity index (χ2n) is 6.06. The molecule has 1 fully saturated rings. The van der Waals surface area contributed by atoms with E-state index in [-0.39, 0.29) is 6.09 Å². The molecule has 2 rings (SSSR count). The normalized spacial score (nSPS) is 15.1. The first-order valence-corrected chi connectivity index (χ1v) is 8.89. The van der Waals surface area contributed by atoms with Crippen molar-refractivity contribution in [1.29, 1.82) is 0 Å². The first-order chi connectivity index (χ1) is 12.1. The second-order valence-corrected chi connectivity index (χ2v) is 6.06. The van der Waals surface area contributed by atoms with Crippen LogP contribution in [-0.2, 0) is 9.47 Å². The van der Waals surface area contributed by atoms with Gasteiger partial charge < -0.3 is 25.0 Å². The van der Waals surface area contributed by atoms with Gasteiger partial charge in [-0.2, -0.15) is 0 Å². The van der Waals surface area contributed by atoms with Crippen molar-refractivity contribution in [3.8, 4) is 0 Å². The number of aromatic nitrogens is 2. The van der Waals surface area contributed by atoms with Crippen LogP contribution in [0, 0.1) is 6.92 Å². The van der Waals surface area contributed by atoms with E-state index in [1.807, 2.05) is 19.9 Å². The van der Waals surface area contributed by atoms with Gasteiger partial charge in [-0.1, -0.05) is 0 Å². The Morgan fingerprint density at radius 2 is 2.04 bits per heavy atom. The molecule has 0 spiro atoms. The summed E-state index contributed by atoms with van der Waals surface area (Å²) in [5.74, 6) is 2.36. The fourth-order valence-corrected chi connectivity index (χ4v) is 2.80. The molecule has 2 N–H and O–H groups in total. The third-order valence-corrected chi connectivity index (χ3v) is 4.04. The van der Waals surface area contributed by atoms with Crippen molar-refractivity contribution >= 4 is 17.7 Å². The maximum atomic E-state index is 11.7. The van der Waals surface area contributed by atoms with Gasteiger partial charge in [0.25, 0.3) is 0 Å². The van der Waals surface area contributed by atoms with E-state index in [1.54, 1.807) is 12.0 Å². The zero-order chi connectivity index (χ0) is 18.1. The average Bonchev–Trinajstić information content (AvgIpc) is 2.59. The molecule has 1 aromatic rings. The maximum Gasteiger partial charge on any atom is 0.409 e. The summed E-state index contributed by atoms with van der Waals surface area (Å²) in [6.45, 7) is 7.05. The van der Waals surface area contributed by atoms with Gasteiger partial charge in [0.05, 0.1) is 6.61 Å². The van der Waals surface area contributed by atoms with Crippen molar-refractivity contribution in [2.45, 2.75) is 39.2 Å². The first kappa shape index (κ1) is 19.2. The summed E-state index contributed by atoms with van der Waals surface area (Å²) < 4.78 is 10.1. The number of hydrogen-bond acceptors (Lipinski definition) is 7. The van der Waals surface area contributed by atoms with Crippen LogP contribution in [0.2, 0.25) is 0 Å². The zero-order valence-corrected chi connectivity index (χ0v) is 15.4. The summed E-state index contributed by atoms with van der Waals surface area (Å²) >= 11 is 0. The number of nitrogens with one attached hydrogen (secondary N) is 2. The molecule has 0 saturated carbocycles. The summed E-state index contributed by atoms with van der Waals surface area (Å²) in [4.78, 5) is 22.4. The molecular weight excluding hydrogens is 322 g/mol. The quantitative estimate of drug-likeness (QED) is 0.695. The Balaban J connectivity index is 1.84. The molecule has 25 heavy (non-hydrogen) atoms. The maximum absolute atomic E-state index is 11.7. The van der Waals surface area contributed by atoms with Crippen molar-refractivity contribution in [2.24, 2.45) is 0 Å².